The summed E-state index contributed by atoms with van der Waals surface area (Å²) in [6, 6.07) is 27.9. The fourth-order valence-electron chi connectivity index (χ4n) is 2.50. The summed E-state index contributed by atoms with van der Waals surface area (Å²) in [5.41, 5.74) is 3.97. The number of nitrogens with one attached hydrogen (secondary N) is 1. The maximum Gasteiger partial charge on any atom is 0.106 e. The number of benzene rings is 3. The minimum absolute atomic E-state index is 0.624. The van der Waals surface area contributed by atoms with Crippen molar-refractivity contribution in [3.05, 3.63) is 102 Å². The number of anilines is 1. The molecule has 3 aromatic carbocycles. The lowest BCUT2D eigenvalue weighted by Gasteiger charge is -2.17. The minimum atomic E-state index is -0.624. The van der Waals surface area contributed by atoms with Crippen LogP contribution in [0, 0.1) is 0 Å². The average molecular weight is 289 g/mol. The SMILES string of the molecule is OC(c1ccccc1)c1ccccc1NCc1ccccc1. The van der Waals surface area contributed by atoms with Crippen molar-refractivity contribution in [2.24, 2.45) is 0 Å². The van der Waals surface area contributed by atoms with E-state index in [1.54, 1.807) is 0 Å². The van der Waals surface area contributed by atoms with Crippen molar-refractivity contribution < 1.29 is 5.11 Å². The predicted molar refractivity (Wildman–Crippen MR) is 90.7 cm³/mol. The van der Waals surface area contributed by atoms with Crippen molar-refractivity contribution in [1.29, 1.82) is 0 Å². The lowest BCUT2D eigenvalue weighted by molar-refractivity contribution is 0.221. The van der Waals surface area contributed by atoms with Crippen molar-refractivity contribution in [3.63, 3.8) is 0 Å². The molecule has 2 nitrogen and oxygen atoms in total. The molecule has 0 fully saturated rings. The molecule has 2 heteroatoms. The van der Waals surface area contributed by atoms with E-state index in [-0.39, 0.29) is 0 Å². The molecule has 0 radical (unpaired) electrons. The highest BCUT2D eigenvalue weighted by Crippen LogP contribution is 2.28. The molecular weight excluding hydrogens is 270 g/mol. The highest BCUT2D eigenvalue weighted by molar-refractivity contribution is 5.54. The van der Waals surface area contributed by atoms with Gasteiger partial charge in [0, 0.05) is 17.8 Å². The van der Waals surface area contributed by atoms with Crippen LogP contribution in [0.4, 0.5) is 5.69 Å². The summed E-state index contributed by atoms with van der Waals surface area (Å²) < 4.78 is 0. The molecular formula is C20H19NO. The first-order valence-electron chi connectivity index (χ1n) is 7.44. The Balaban J connectivity index is 1.81. The van der Waals surface area contributed by atoms with Gasteiger partial charge in [0.15, 0.2) is 0 Å². The molecule has 0 amide bonds. The number of aliphatic hydroxyl groups excluding tert-OH is 1. The Labute approximate surface area is 131 Å². The van der Waals surface area contributed by atoms with Crippen LogP contribution < -0.4 is 5.32 Å². The third kappa shape index (κ3) is 3.35. The zero-order valence-electron chi connectivity index (χ0n) is 12.3. The van der Waals surface area contributed by atoms with Gasteiger partial charge < -0.3 is 10.4 Å². The number of hydrogen-bond acceptors (Lipinski definition) is 2. The fraction of sp³-hybridized carbons (Fsp3) is 0.100. The first kappa shape index (κ1) is 14.4. The molecule has 110 valence electrons. The Hall–Kier alpha value is -2.58. The molecule has 0 aliphatic rings. The third-order valence-corrected chi connectivity index (χ3v) is 3.70. The average Bonchev–Trinajstić information content (AvgIpc) is 2.61. The largest absolute Gasteiger partial charge is 0.384 e. The fourth-order valence-corrected chi connectivity index (χ4v) is 2.50. The monoisotopic (exact) mass is 289 g/mol. The van der Waals surface area contributed by atoms with Gasteiger partial charge in [0.2, 0.25) is 0 Å². The molecule has 0 bridgehead atoms. The van der Waals surface area contributed by atoms with Crippen LogP contribution in [0.15, 0.2) is 84.9 Å². The van der Waals surface area contributed by atoms with Crippen molar-refractivity contribution in [3.8, 4) is 0 Å². The highest BCUT2D eigenvalue weighted by Gasteiger charge is 2.13. The Kier molecular flexibility index (Phi) is 4.52. The first-order chi connectivity index (χ1) is 10.8. The number of hydrogen-bond donors (Lipinski definition) is 2. The van der Waals surface area contributed by atoms with Crippen molar-refractivity contribution in [2.75, 3.05) is 5.32 Å². The summed E-state index contributed by atoms with van der Waals surface area (Å²) >= 11 is 0. The van der Waals surface area contributed by atoms with Crippen molar-refractivity contribution in [2.45, 2.75) is 12.6 Å². The predicted octanol–water partition coefficient (Wildman–Crippen LogP) is 4.38. The Morgan fingerprint density at radius 1 is 0.727 bits per heavy atom. The van der Waals surface area contributed by atoms with Crippen LogP contribution in [-0.2, 0) is 6.54 Å². The Bertz CT molecular complexity index is 710. The maximum atomic E-state index is 10.6. The highest BCUT2D eigenvalue weighted by atomic mass is 16.3. The van der Waals surface area contributed by atoms with Crippen LogP contribution in [0.5, 0.6) is 0 Å². The number of aliphatic hydroxyl groups is 1. The van der Waals surface area contributed by atoms with E-state index in [2.05, 4.69) is 17.4 Å². The summed E-state index contributed by atoms with van der Waals surface area (Å²) in [5, 5.41) is 14.1. The van der Waals surface area contributed by atoms with Gasteiger partial charge in [0.25, 0.3) is 0 Å². The second kappa shape index (κ2) is 6.92. The van der Waals surface area contributed by atoms with Gasteiger partial charge in [-0.3, -0.25) is 0 Å². The molecule has 0 heterocycles. The third-order valence-electron chi connectivity index (χ3n) is 3.70. The second-order valence-electron chi connectivity index (χ2n) is 5.24. The van der Waals surface area contributed by atoms with Crippen molar-refractivity contribution in [1.82, 2.24) is 0 Å². The van der Waals surface area contributed by atoms with E-state index in [1.807, 2.05) is 72.8 Å². The quantitative estimate of drug-likeness (QED) is 0.730. The molecule has 0 aliphatic heterocycles. The molecule has 1 unspecified atom stereocenters. The lowest BCUT2D eigenvalue weighted by Crippen LogP contribution is -2.06. The van der Waals surface area contributed by atoms with Crippen LogP contribution in [0.2, 0.25) is 0 Å². The molecule has 2 N–H and O–H groups in total. The van der Waals surface area contributed by atoms with Gasteiger partial charge in [0.05, 0.1) is 0 Å². The molecule has 0 spiro atoms. The number of rotatable bonds is 5. The van der Waals surface area contributed by atoms with Gasteiger partial charge in [-0.25, -0.2) is 0 Å². The van der Waals surface area contributed by atoms with Gasteiger partial charge in [-0.1, -0.05) is 78.9 Å². The summed E-state index contributed by atoms with van der Waals surface area (Å²) in [4.78, 5) is 0. The van der Waals surface area contributed by atoms with Gasteiger partial charge in [0.1, 0.15) is 6.10 Å². The summed E-state index contributed by atoms with van der Waals surface area (Å²) in [6.45, 7) is 0.735. The van der Waals surface area contributed by atoms with E-state index in [4.69, 9.17) is 0 Å². The van der Waals surface area contributed by atoms with Gasteiger partial charge in [-0.05, 0) is 17.2 Å². The zero-order chi connectivity index (χ0) is 15.2. The van der Waals surface area contributed by atoms with E-state index >= 15 is 0 Å². The topological polar surface area (TPSA) is 32.3 Å². The zero-order valence-corrected chi connectivity index (χ0v) is 12.3. The summed E-state index contributed by atoms with van der Waals surface area (Å²) in [6.07, 6.45) is -0.624. The Morgan fingerprint density at radius 3 is 2.05 bits per heavy atom. The molecule has 0 aliphatic carbocycles. The molecule has 0 saturated heterocycles. The van der Waals surface area contributed by atoms with Gasteiger partial charge in [-0.15, -0.1) is 0 Å². The maximum absolute atomic E-state index is 10.6. The molecule has 3 rings (SSSR count). The summed E-state index contributed by atoms with van der Waals surface area (Å²) in [5.74, 6) is 0. The summed E-state index contributed by atoms with van der Waals surface area (Å²) in [7, 11) is 0. The first-order valence-corrected chi connectivity index (χ1v) is 7.44. The van der Waals surface area contributed by atoms with Gasteiger partial charge >= 0.3 is 0 Å². The van der Waals surface area contributed by atoms with Crippen LogP contribution in [0.1, 0.15) is 22.8 Å². The van der Waals surface area contributed by atoms with E-state index in [1.165, 1.54) is 5.56 Å². The normalized spacial score (nSPS) is 11.9. The van der Waals surface area contributed by atoms with Crippen LogP contribution in [0.3, 0.4) is 0 Å². The van der Waals surface area contributed by atoms with Crippen LogP contribution in [0.25, 0.3) is 0 Å². The molecule has 0 aromatic heterocycles. The molecule has 3 aromatic rings. The van der Waals surface area contributed by atoms with Crippen molar-refractivity contribution >= 4 is 5.69 Å². The van der Waals surface area contributed by atoms with Gasteiger partial charge in [-0.2, -0.15) is 0 Å². The molecule has 22 heavy (non-hydrogen) atoms. The second-order valence-corrected chi connectivity index (χ2v) is 5.24. The number of para-hydroxylation sites is 1. The standard InChI is InChI=1S/C20H19NO/c22-20(17-11-5-2-6-12-17)18-13-7-8-14-19(18)21-15-16-9-3-1-4-10-16/h1-14,20-22H,15H2. The molecule has 1 atom stereocenters. The van der Waals surface area contributed by atoms with E-state index in [9.17, 15) is 5.11 Å². The smallest absolute Gasteiger partial charge is 0.106 e. The van der Waals surface area contributed by atoms with E-state index in [0.717, 1.165) is 23.4 Å². The molecule has 0 saturated carbocycles. The minimum Gasteiger partial charge on any atom is -0.384 e. The van der Waals surface area contributed by atoms with E-state index < -0.39 is 6.10 Å². The van der Waals surface area contributed by atoms with Crippen LogP contribution >= 0.6 is 0 Å². The van der Waals surface area contributed by atoms with E-state index in [0.29, 0.717) is 0 Å². The van der Waals surface area contributed by atoms with Crippen LogP contribution in [-0.4, -0.2) is 5.11 Å². The lowest BCUT2D eigenvalue weighted by atomic mass is 10.00. The Morgan fingerprint density at radius 2 is 1.32 bits per heavy atom.